The third-order valence-corrected chi connectivity index (χ3v) is 4.59. The molecule has 1 N–H and O–H groups in total. The second-order valence-corrected chi connectivity index (χ2v) is 6.47. The van der Waals surface area contributed by atoms with Crippen LogP contribution in [0.3, 0.4) is 0 Å². The number of halogens is 3. The number of nitrogens with one attached hydrogen (secondary N) is 1. The van der Waals surface area contributed by atoms with Gasteiger partial charge in [-0.25, -0.2) is 26.3 Å². The fourth-order valence-electron chi connectivity index (χ4n) is 1.92. The van der Waals surface area contributed by atoms with Crippen molar-refractivity contribution >= 4 is 10.0 Å². The number of rotatable bonds is 6. The highest BCUT2D eigenvalue weighted by Gasteiger charge is 2.16. The van der Waals surface area contributed by atoms with Crippen LogP contribution >= 0.6 is 0 Å². The standard InChI is InChI=1S/C15H14F3NO3S/c1-10-8-11(16)3-5-15(10)23(20,21)19-6-7-22-14-4-2-12(17)9-13(14)18/h2-5,8-9,19H,6-7H2,1H3. The first-order valence-electron chi connectivity index (χ1n) is 6.63. The number of hydrogen-bond donors (Lipinski definition) is 1. The van der Waals surface area contributed by atoms with Crippen LogP contribution in [0.1, 0.15) is 5.56 Å². The summed E-state index contributed by atoms with van der Waals surface area (Å²) in [7, 11) is -3.83. The van der Waals surface area contributed by atoms with Gasteiger partial charge in [0.2, 0.25) is 10.0 Å². The van der Waals surface area contributed by atoms with Crippen molar-refractivity contribution in [2.24, 2.45) is 0 Å². The van der Waals surface area contributed by atoms with Gasteiger partial charge in [-0.2, -0.15) is 0 Å². The Morgan fingerprint density at radius 3 is 2.35 bits per heavy atom. The first-order valence-corrected chi connectivity index (χ1v) is 8.11. The first-order chi connectivity index (χ1) is 10.8. The Bertz CT molecular complexity index is 810. The molecule has 0 saturated heterocycles. The fourth-order valence-corrected chi connectivity index (χ4v) is 3.16. The van der Waals surface area contributed by atoms with Crippen LogP contribution < -0.4 is 9.46 Å². The SMILES string of the molecule is Cc1cc(F)ccc1S(=O)(=O)NCCOc1ccc(F)cc1F. The molecule has 0 bridgehead atoms. The van der Waals surface area contributed by atoms with Crippen LogP contribution in [0.25, 0.3) is 0 Å². The van der Waals surface area contributed by atoms with Crippen molar-refractivity contribution in [3.8, 4) is 5.75 Å². The van der Waals surface area contributed by atoms with Gasteiger partial charge in [-0.05, 0) is 42.8 Å². The molecule has 0 heterocycles. The van der Waals surface area contributed by atoms with E-state index in [1.54, 1.807) is 0 Å². The van der Waals surface area contributed by atoms with E-state index in [2.05, 4.69) is 4.72 Å². The number of ether oxygens (including phenoxy) is 1. The maximum atomic E-state index is 13.3. The van der Waals surface area contributed by atoms with Gasteiger partial charge in [-0.1, -0.05) is 0 Å². The molecule has 0 aliphatic rings. The molecule has 2 rings (SSSR count). The molecule has 0 saturated carbocycles. The Kier molecular flexibility index (Phi) is 5.27. The predicted octanol–water partition coefficient (Wildman–Crippen LogP) is 2.77. The van der Waals surface area contributed by atoms with Gasteiger partial charge in [0.1, 0.15) is 18.2 Å². The summed E-state index contributed by atoms with van der Waals surface area (Å²) in [5, 5.41) is 0. The molecular weight excluding hydrogens is 331 g/mol. The van der Waals surface area contributed by atoms with E-state index in [4.69, 9.17) is 4.74 Å². The molecule has 23 heavy (non-hydrogen) atoms. The average molecular weight is 345 g/mol. The van der Waals surface area contributed by atoms with Crippen LogP contribution in [0.4, 0.5) is 13.2 Å². The molecule has 0 unspecified atom stereocenters. The molecular formula is C15H14F3NO3S. The van der Waals surface area contributed by atoms with E-state index in [0.29, 0.717) is 6.07 Å². The van der Waals surface area contributed by atoms with Crippen LogP contribution in [0.15, 0.2) is 41.3 Å². The maximum absolute atomic E-state index is 13.3. The summed E-state index contributed by atoms with van der Waals surface area (Å²) in [6, 6.07) is 6.13. The third kappa shape index (κ3) is 4.46. The molecule has 0 radical (unpaired) electrons. The van der Waals surface area contributed by atoms with Gasteiger partial charge in [0.25, 0.3) is 0 Å². The smallest absolute Gasteiger partial charge is 0.240 e. The van der Waals surface area contributed by atoms with E-state index in [1.165, 1.54) is 6.92 Å². The highest BCUT2D eigenvalue weighted by molar-refractivity contribution is 7.89. The van der Waals surface area contributed by atoms with E-state index in [1.807, 2.05) is 0 Å². The molecule has 8 heteroatoms. The molecule has 0 spiro atoms. The largest absolute Gasteiger partial charge is 0.489 e. The van der Waals surface area contributed by atoms with Gasteiger partial charge in [0, 0.05) is 12.6 Å². The molecule has 2 aromatic rings. The number of sulfonamides is 1. The normalized spacial score (nSPS) is 11.5. The summed E-state index contributed by atoms with van der Waals surface area (Å²) >= 11 is 0. The van der Waals surface area contributed by atoms with E-state index in [9.17, 15) is 21.6 Å². The van der Waals surface area contributed by atoms with E-state index in [-0.39, 0.29) is 29.4 Å². The average Bonchev–Trinajstić information content (AvgIpc) is 2.45. The summed E-state index contributed by atoms with van der Waals surface area (Å²) in [5.41, 5.74) is 0.267. The topological polar surface area (TPSA) is 55.4 Å². The van der Waals surface area contributed by atoms with Crippen molar-refractivity contribution in [3.05, 3.63) is 59.4 Å². The molecule has 2 aromatic carbocycles. The molecule has 124 valence electrons. The molecule has 0 amide bonds. The zero-order chi connectivity index (χ0) is 17.0. The minimum absolute atomic E-state index is 0.0492. The monoisotopic (exact) mass is 345 g/mol. The van der Waals surface area contributed by atoms with Gasteiger partial charge < -0.3 is 4.74 Å². The van der Waals surface area contributed by atoms with Gasteiger partial charge in [-0.3, -0.25) is 0 Å². The zero-order valence-corrected chi connectivity index (χ0v) is 13.0. The summed E-state index contributed by atoms with van der Waals surface area (Å²) in [5.74, 6) is -2.32. The van der Waals surface area contributed by atoms with E-state index < -0.39 is 27.5 Å². The number of benzene rings is 2. The summed E-state index contributed by atoms with van der Waals surface area (Å²) in [6.07, 6.45) is 0. The van der Waals surface area contributed by atoms with Crippen LogP contribution in [-0.4, -0.2) is 21.6 Å². The summed E-state index contributed by atoms with van der Waals surface area (Å²) in [6.45, 7) is 1.19. The Labute approximate surface area is 132 Å². The highest BCUT2D eigenvalue weighted by Crippen LogP contribution is 2.18. The molecule has 0 atom stereocenters. The van der Waals surface area contributed by atoms with E-state index in [0.717, 1.165) is 30.3 Å². The molecule has 4 nitrogen and oxygen atoms in total. The summed E-state index contributed by atoms with van der Waals surface area (Å²) in [4.78, 5) is -0.0492. The lowest BCUT2D eigenvalue weighted by molar-refractivity contribution is 0.305. The van der Waals surface area contributed by atoms with Crippen LogP contribution in [0.2, 0.25) is 0 Å². The first kappa shape index (κ1) is 17.3. The van der Waals surface area contributed by atoms with Gasteiger partial charge >= 0.3 is 0 Å². The van der Waals surface area contributed by atoms with Crippen molar-refractivity contribution in [2.75, 3.05) is 13.2 Å². The van der Waals surface area contributed by atoms with Gasteiger partial charge in [0.05, 0.1) is 4.90 Å². The molecule has 0 fully saturated rings. The van der Waals surface area contributed by atoms with Gasteiger partial charge in [0.15, 0.2) is 11.6 Å². The van der Waals surface area contributed by atoms with Crippen molar-refractivity contribution < 1.29 is 26.3 Å². The maximum Gasteiger partial charge on any atom is 0.240 e. The van der Waals surface area contributed by atoms with Crippen molar-refractivity contribution in [1.29, 1.82) is 0 Å². The lowest BCUT2D eigenvalue weighted by atomic mass is 10.2. The van der Waals surface area contributed by atoms with Crippen molar-refractivity contribution in [3.63, 3.8) is 0 Å². The minimum Gasteiger partial charge on any atom is -0.489 e. The Balaban J connectivity index is 1.95. The third-order valence-electron chi connectivity index (χ3n) is 2.97. The molecule has 0 aromatic heterocycles. The number of hydrogen-bond acceptors (Lipinski definition) is 3. The van der Waals surface area contributed by atoms with Crippen molar-refractivity contribution in [1.82, 2.24) is 4.72 Å². The minimum atomic E-state index is -3.83. The Morgan fingerprint density at radius 1 is 1.04 bits per heavy atom. The zero-order valence-electron chi connectivity index (χ0n) is 12.1. The highest BCUT2D eigenvalue weighted by atomic mass is 32.2. The fraction of sp³-hybridized carbons (Fsp3) is 0.200. The van der Waals surface area contributed by atoms with Crippen LogP contribution in [-0.2, 0) is 10.0 Å². The quantitative estimate of drug-likeness (QED) is 0.819. The second kappa shape index (κ2) is 7.01. The van der Waals surface area contributed by atoms with Crippen LogP contribution in [0, 0.1) is 24.4 Å². The molecule has 0 aliphatic carbocycles. The molecule has 0 aliphatic heterocycles. The number of aryl methyl sites for hydroxylation is 1. The van der Waals surface area contributed by atoms with Crippen molar-refractivity contribution in [2.45, 2.75) is 11.8 Å². The predicted molar refractivity (Wildman–Crippen MR) is 78.2 cm³/mol. The Morgan fingerprint density at radius 2 is 1.70 bits per heavy atom. The van der Waals surface area contributed by atoms with Crippen LogP contribution in [0.5, 0.6) is 5.75 Å². The van der Waals surface area contributed by atoms with E-state index >= 15 is 0 Å². The lowest BCUT2D eigenvalue weighted by Crippen LogP contribution is -2.29. The summed E-state index contributed by atoms with van der Waals surface area (Å²) < 4.78 is 70.5. The lowest BCUT2D eigenvalue weighted by Gasteiger charge is -2.10. The second-order valence-electron chi connectivity index (χ2n) is 4.73. The van der Waals surface area contributed by atoms with Gasteiger partial charge in [-0.15, -0.1) is 0 Å². The Hall–Kier alpha value is -2.06.